The summed E-state index contributed by atoms with van der Waals surface area (Å²) in [4.78, 5) is 0. The van der Waals surface area contributed by atoms with Crippen molar-refractivity contribution in [2.45, 2.75) is 6.92 Å². The number of hydrogen-bond donors (Lipinski definition) is 2. The van der Waals surface area contributed by atoms with Crippen molar-refractivity contribution >= 4 is 23.5 Å². The molecule has 104 valence electrons. The molecule has 0 unspecified atom stereocenters. The Balaban J connectivity index is 2.12. The van der Waals surface area contributed by atoms with Crippen LogP contribution in [-0.4, -0.2) is 18.4 Å². The largest absolute Gasteiger partial charge is 0.504 e. The highest BCUT2D eigenvalue weighted by molar-refractivity contribution is 6.31. The van der Waals surface area contributed by atoms with E-state index >= 15 is 0 Å². The summed E-state index contributed by atoms with van der Waals surface area (Å²) in [5.74, 6) is 0.467. The van der Waals surface area contributed by atoms with E-state index in [1.165, 1.54) is 13.3 Å². The molecule has 0 heterocycles. The number of rotatable bonds is 4. The number of aromatic hydroxyl groups is 1. The van der Waals surface area contributed by atoms with Crippen LogP contribution in [0.15, 0.2) is 41.5 Å². The third-order valence-corrected chi connectivity index (χ3v) is 3.23. The lowest BCUT2D eigenvalue weighted by Crippen LogP contribution is -1.93. The zero-order chi connectivity index (χ0) is 14.5. The Morgan fingerprint density at radius 1 is 1.30 bits per heavy atom. The predicted octanol–water partition coefficient (Wildman–Crippen LogP) is 3.81. The summed E-state index contributed by atoms with van der Waals surface area (Å²) >= 11 is 6.03. The Kier molecular flexibility index (Phi) is 4.48. The average molecular weight is 291 g/mol. The quantitative estimate of drug-likeness (QED) is 0.665. The number of nitrogens with one attached hydrogen (secondary N) is 1. The van der Waals surface area contributed by atoms with Crippen molar-refractivity contribution in [1.82, 2.24) is 0 Å². The van der Waals surface area contributed by atoms with Crippen LogP contribution in [-0.2, 0) is 0 Å². The monoisotopic (exact) mass is 290 g/mol. The summed E-state index contributed by atoms with van der Waals surface area (Å²) in [5.41, 5.74) is 5.21. The van der Waals surface area contributed by atoms with Gasteiger partial charge in [-0.15, -0.1) is 0 Å². The van der Waals surface area contributed by atoms with Crippen LogP contribution in [0.4, 0.5) is 5.69 Å². The average Bonchev–Trinajstić information content (AvgIpc) is 2.44. The predicted molar refractivity (Wildman–Crippen MR) is 82.1 cm³/mol. The number of phenols is 1. The van der Waals surface area contributed by atoms with Gasteiger partial charge in [0.05, 0.1) is 19.0 Å². The summed E-state index contributed by atoms with van der Waals surface area (Å²) in [6.45, 7) is 1.93. The molecule has 0 saturated carbocycles. The molecule has 0 fully saturated rings. The molecule has 0 aliphatic heterocycles. The van der Waals surface area contributed by atoms with Gasteiger partial charge in [-0.05, 0) is 36.8 Å². The fourth-order valence-corrected chi connectivity index (χ4v) is 1.83. The van der Waals surface area contributed by atoms with Crippen molar-refractivity contribution < 1.29 is 9.84 Å². The van der Waals surface area contributed by atoms with Crippen molar-refractivity contribution in [2.75, 3.05) is 12.5 Å². The molecule has 2 aromatic carbocycles. The summed E-state index contributed by atoms with van der Waals surface area (Å²) in [7, 11) is 1.50. The third-order valence-electron chi connectivity index (χ3n) is 2.82. The second-order valence-electron chi connectivity index (χ2n) is 4.23. The Morgan fingerprint density at radius 3 is 2.80 bits per heavy atom. The van der Waals surface area contributed by atoms with Gasteiger partial charge >= 0.3 is 0 Å². The van der Waals surface area contributed by atoms with E-state index in [4.69, 9.17) is 16.3 Å². The van der Waals surface area contributed by atoms with Crippen molar-refractivity contribution in [3.05, 3.63) is 52.5 Å². The number of phenolic OH excluding ortho intramolecular Hbond substituents is 1. The third kappa shape index (κ3) is 3.22. The highest BCUT2D eigenvalue weighted by atomic mass is 35.5. The van der Waals surface area contributed by atoms with Crippen LogP contribution in [0.2, 0.25) is 5.02 Å². The molecule has 0 radical (unpaired) electrons. The van der Waals surface area contributed by atoms with E-state index in [0.717, 1.165) is 11.3 Å². The van der Waals surface area contributed by atoms with Crippen molar-refractivity contribution in [3.63, 3.8) is 0 Å². The van der Waals surface area contributed by atoms with Gasteiger partial charge in [-0.1, -0.05) is 23.7 Å². The lowest BCUT2D eigenvalue weighted by molar-refractivity contribution is 0.373. The van der Waals surface area contributed by atoms with Crippen LogP contribution in [0.1, 0.15) is 11.1 Å². The Labute approximate surface area is 122 Å². The molecule has 0 bridgehead atoms. The number of hydrogen-bond acceptors (Lipinski definition) is 4. The fraction of sp³-hybridized carbons (Fsp3) is 0.133. The molecule has 2 aromatic rings. The fourth-order valence-electron chi connectivity index (χ4n) is 1.65. The summed E-state index contributed by atoms with van der Waals surface area (Å²) in [6.07, 6.45) is 1.52. The second-order valence-corrected chi connectivity index (χ2v) is 4.64. The van der Waals surface area contributed by atoms with Gasteiger partial charge in [0.1, 0.15) is 0 Å². The standard InChI is InChI=1S/C15H15ClN2O2/c1-10-6-7-12(8-13(10)16)18-17-9-11-4-3-5-14(20-2)15(11)19/h3-9,18-19H,1-2H3. The van der Waals surface area contributed by atoms with Gasteiger partial charge in [-0.25, -0.2) is 0 Å². The molecule has 0 aliphatic carbocycles. The van der Waals surface area contributed by atoms with E-state index in [1.807, 2.05) is 19.1 Å². The first-order valence-electron chi connectivity index (χ1n) is 6.03. The minimum Gasteiger partial charge on any atom is -0.504 e. The van der Waals surface area contributed by atoms with Crippen molar-refractivity contribution in [2.24, 2.45) is 5.10 Å². The summed E-state index contributed by atoms with van der Waals surface area (Å²) in [6, 6.07) is 10.8. The minimum absolute atomic E-state index is 0.0579. The van der Waals surface area contributed by atoms with Gasteiger partial charge in [0.2, 0.25) is 0 Å². The number of nitrogens with zero attached hydrogens (tertiary/aromatic N) is 1. The lowest BCUT2D eigenvalue weighted by atomic mass is 10.2. The number of anilines is 1. The molecule has 20 heavy (non-hydrogen) atoms. The van der Waals surface area contributed by atoms with Crippen LogP contribution >= 0.6 is 11.6 Å². The van der Waals surface area contributed by atoms with Gasteiger partial charge in [0, 0.05) is 10.6 Å². The SMILES string of the molecule is COc1cccc(C=NNc2ccc(C)c(Cl)c2)c1O. The van der Waals surface area contributed by atoms with E-state index in [9.17, 15) is 5.11 Å². The zero-order valence-corrected chi connectivity index (χ0v) is 12.0. The number of ether oxygens (including phenoxy) is 1. The molecular formula is C15H15ClN2O2. The maximum absolute atomic E-state index is 9.90. The summed E-state index contributed by atoms with van der Waals surface area (Å²) < 4.78 is 5.03. The molecule has 4 nitrogen and oxygen atoms in total. The molecule has 0 aliphatic rings. The number of benzene rings is 2. The highest BCUT2D eigenvalue weighted by Crippen LogP contribution is 2.28. The van der Waals surface area contributed by atoms with Crippen LogP contribution in [0.5, 0.6) is 11.5 Å². The Morgan fingerprint density at radius 2 is 2.10 bits per heavy atom. The molecule has 0 atom stereocenters. The normalized spacial score (nSPS) is 10.8. The number of aryl methyl sites for hydroxylation is 1. The van der Waals surface area contributed by atoms with Crippen LogP contribution < -0.4 is 10.2 Å². The molecule has 2 N–H and O–H groups in total. The van der Waals surface area contributed by atoms with E-state index < -0.39 is 0 Å². The van der Waals surface area contributed by atoms with Crippen LogP contribution in [0.3, 0.4) is 0 Å². The van der Waals surface area contributed by atoms with Gasteiger partial charge in [0.25, 0.3) is 0 Å². The number of para-hydroxylation sites is 1. The topological polar surface area (TPSA) is 53.8 Å². The van der Waals surface area contributed by atoms with Gasteiger partial charge in [-0.3, -0.25) is 5.43 Å². The van der Waals surface area contributed by atoms with E-state index in [2.05, 4.69) is 10.5 Å². The van der Waals surface area contributed by atoms with Crippen molar-refractivity contribution in [1.29, 1.82) is 0 Å². The van der Waals surface area contributed by atoms with Gasteiger partial charge in [-0.2, -0.15) is 5.10 Å². The minimum atomic E-state index is 0.0579. The first kappa shape index (κ1) is 14.2. The first-order valence-corrected chi connectivity index (χ1v) is 6.41. The number of hydrazone groups is 1. The molecular weight excluding hydrogens is 276 g/mol. The lowest BCUT2D eigenvalue weighted by Gasteiger charge is -2.05. The zero-order valence-electron chi connectivity index (χ0n) is 11.2. The smallest absolute Gasteiger partial charge is 0.166 e. The second kappa shape index (κ2) is 6.30. The Hall–Kier alpha value is -2.20. The van der Waals surface area contributed by atoms with Crippen molar-refractivity contribution in [3.8, 4) is 11.5 Å². The Bertz CT molecular complexity index is 642. The van der Waals surface area contributed by atoms with Crippen LogP contribution in [0, 0.1) is 6.92 Å². The molecule has 0 amide bonds. The summed E-state index contributed by atoms with van der Waals surface area (Å²) in [5, 5.41) is 14.6. The van der Waals surface area contributed by atoms with Gasteiger partial charge < -0.3 is 9.84 Å². The van der Waals surface area contributed by atoms with E-state index in [1.54, 1.807) is 24.3 Å². The number of methoxy groups -OCH3 is 1. The van der Waals surface area contributed by atoms with Gasteiger partial charge in [0.15, 0.2) is 11.5 Å². The van der Waals surface area contributed by atoms with E-state index in [-0.39, 0.29) is 5.75 Å². The number of halogens is 1. The molecule has 0 spiro atoms. The first-order chi connectivity index (χ1) is 9.61. The van der Waals surface area contributed by atoms with Crippen LogP contribution in [0.25, 0.3) is 0 Å². The maximum Gasteiger partial charge on any atom is 0.166 e. The highest BCUT2D eigenvalue weighted by Gasteiger charge is 2.04. The van der Waals surface area contributed by atoms with E-state index in [0.29, 0.717) is 16.3 Å². The molecule has 2 rings (SSSR count). The molecule has 0 saturated heterocycles. The maximum atomic E-state index is 9.90. The molecule has 0 aromatic heterocycles. The molecule has 5 heteroatoms.